The molecule has 1 aliphatic carbocycles. The van der Waals surface area contributed by atoms with Crippen LogP contribution in [0.1, 0.15) is 59.9 Å². The first-order valence-corrected chi connectivity index (χ1v) is 12.6. The number of alkyl halides is 1. The van der Waals surface area contributed by atoms with Crippen LogP contribution in [0.2, 0.25) is 0 Å². The first kappa shape index (κ1) is 26.4. The van der Waals surface area contributed by atoms with Crippen LogP contribution in [-0.4, -0.2) is 29.0 Å². The van der Waals surface area contributed by atoms with Gasteiger partial charge < -0.3 is 10.5 Å². The van der Waals surface area contributed by atoms with Crippen LogP contribution in [0, 0.1) is 11.3 Å². The van der Waals surface area contributed by atoms with Crippen LogP contribution in [0.25, 0.3) is 0 Å². The molecule has 33 heavy (non-hydrogen) atoms. The number of carbonyl (C=O) groups excluding carboxylic acids is 1. The fraction of sp³-hybridized carbons (Fsp3) is 0.577. The van der Waals surface area contributed by atoms with Crippen LogP contribution in [-0.2, 0) is 15.1 Å². The quantitative estimate of drug-likeness (QED) is 0.356. The van der Waals surface area contributed by atoms with Gasteiger partial charge in [-0.05, 0) is 62.3 Å². The Kier molecular flexibility index (Phi) is 7.55. The van der Waals surface area contributed by atoms with Crippen molar-refractivity contribution in [1.82, 2.24) is 5.32 Å². The molecule has 1 aliphatic heterocycles. The number of allylic oxidation sites excluding steroid dienone is 3. The van der Waals surface area contributed by atoms with Crippen LogP contribution in [0.4, 0.5) is 4.39 Å². The Bertz CT molecular complexity index is 949. The number of hydrogen-bond acceptors (Lipinski definition) is 4. The van der Waals surface area contributed by atoms with E-state index in [1.807, 2.05) is 51.1 Å². The molecular formula is C26H35BrClFN2O2. The Morgan fingerprint density at radius 1 is 1.24 bits per heavy atom. The van der Waals surface area contributed by atoms with Crippen molar-refractivity contribution in [2.45, 2.75) is 83.0 Å². The number of esters is 1. The molecule has 1 fully saturated rings. The van der Waals surface area contributed by atoms with E-state index in [9.17, 15) is 4.79 Å². The molecule has 7 heteroatoms. The molecular weight excluding hydrogens is 507 g/mol. The fourth-order valence-electron chi connectivity index (χ4n) is 4.84. The van der Waals surface area contributed by atoms with Gasteiger partial charge in [-0.2, -0.15) is 0 Å². The Morgan fingerprint density at radius 2 is 1.85 bits per heavy atom. The Balaban J connectivity index is 2.22. The summed E-state index contributed by atoms with van der Waals surface area (Å²) in [5.41, 5.74) is 6.64. The Morgan fingerprint density at radius 3 is 2.39 bits per heavy atom. The zero-order valence-electron chi connectivity index (χ0n) is 20.2. The van der Waals surface area contributed by atoms with E-state index in [0.29, 0.717) is 18.4 Å². The van der Waals surface area contributed by atoms with E-state index >= 15 is 4.39 Å². The van der Waals surface area contributed by atoms with Gasteiger partial charge in [-0.1, -0.05) is 61.0 Å². The number of rotatable bonds is 4. The van der Waals surface area contributed by atoms with E-state index < -0.39 is 40.3 Å². The normalized spacial score (nSPS) is 30.6. The SMILES string of the molecule is CC(C)(C)C[C@@H]1N[C@@H](C(=O)OC(C)(C)C)[C@H](C2=C(F)C(Cl)CC=C2)[C@@]1(N)c1ccc(Br)cc1. The zero-order valence-corrected chi connectivity index (χ0v) is 22.6. The molecule has 4 nitrogen and oxygen atoms in total. The van der Waals surface area contributed by atoms with Crippen molar-refractivity contribution in [2.75, 3.05) is 0 Å². The first-order chi connectivity index (χ1) is 15.1. The third-order valence-corrected chi connectivity index (χ3v) is 7.05. The second-order valence-corrected chi connectivity index (χ2v) is 12.8. The highest BCUT2D eigenvalue weighted by atomic mass is 79.9. The van der Waals surface area contributed by atoms with Gasteiger partial charge in [0, 0.05) is 16.4 Å². The van der Waals surface area contributed by atoms with E-state index in [2.05, 4.69) is 42.0 Å². The predicted molar refractivity (Wildman–Crippen MR) is 136 cm³/mol. The van der Waals surface area contributed by atoms with Gasteiger partial charge in [0.2, 0.25) is 0 Å². The van der Waals surface area contributed by atoms with E-state index in [-0.39, 0.29) is 11.5 Å². The van der Waals surface area contributed by atoms with Gasteiger partial charge in [-0.3, -0.25) is 10.1 Å². The molecule has 5 atom stereocenters. The van der Waals surface area contributed by atoms with Gasteiger partial charge in [0.1, 0.15) is 17.5 Å². The topological polar surface area (TPSA) is 64.3 Å². The van der Waals surface area contributed by atoms with Gasteiger partial charge in [0.25, 0.3) is 0 Å². The number of halogens is 3. The highest BCUT2D eigenvalue weighted by Gasteiger charge is 2.58. The van der Waals surface area contributed by atoms with Crippen molar-refractivity contribution in [3.63, 3.8) is 0 Å². The smallest absolute Gasteiger partial charge is 0.324 e. The monoisotopic (exact) mass is 540 g/mol. The number of benzene rings is 1. The maximum Gasteiger partial charge on any atom is 0.324 e. The second-order valence-electron chi connectivity index (χ2n) is 11.3. The molecule has 1 saturated heterocycles. The van der Waals surface area contributed by atoms with E-state index in [1.165, 1.54) is 0 Å². The lowest BCUT2D eigenvalue weighted by Gasteiger charge is -2.40. The molecule has 0 amide bonds. The summed E-state index contributed by atoms with van der Waals surface area (Å²) in [4.78, 5) is 13.4. The number of nitrogens with two attached hydrogens (primary N) is 1. The molecule has 0 radical (unpaired) electrons. The van der Waals surface area contributed by atoms with Crippen molar-refractivity contribution in [1.29, 1.82) is 0 Å². The highest BCUT2D eigenvalue weighted by Crippen LogP contribution is 2.49. The third kappa shape index (κ3) is 5.72. The van der Waals surface area contributed by atoms with E-state index in [0.717, 1.165) is 10.0 Å². The summed E-state index contributed by atoms with van der Waals surface area (Å²) in [5.74, 6) is -1.57. The van der Waals surface area contributed by atoms with Crippen molar-refractivity contribution in [3.8, 4) is 0 Å². The number of carbonyl (C=O) groups is 1. The van der Waals surface area contributed by atoms with Crippen LogP contribution in [0.3, 0.4) is 0 Å². The lowest BCUT2D eigenvalue weighted by molar-refractivity contribution is -0.158. The van der Waals surface area contributed by atoms with Crippen molar-refractivity contribution in [3.05, 3.63) is 57.9 Å². The standard InChI is InChI=1S/C26H35BrClFN2O2/c1-24(2,3)14-19-26(30,15-10-12-16(27)13-11-15)20(17-8-7-9-18(28)21(17)29)22(31-19)23(32)33-25(4,5)6/h7-8,10-13,18-20,22,31H,9,14,30H2,1-6H3/t18?,19-,20-,22+,26+/m0/s1. The van der Waals surface area contributed by atoms with Gasteiger partial charge in [-0.15, -0.1) is 11.6 Å². The van der Waals surface area contributed by atoms with Crippen LogP contribution >= 0.6 is 27.5 Å². The minimum atomic E-state index is -1.07. The van der Waals surface area contributed by atoms with Crippen molar-refractivity contribution in [2.24, 2.45) is 17.1 Å². The molecule has 1 unspecified atom stereocenters. The first-order valence-electron chi connectivity index (χ1n) is 11.4. The van der Waals surface area contributed by atoms with Crippen LogP contribution < -0.4 is 11.1 Å². The molecule has 3 N–H and O–H groups in total. The summed E-state index contributed by atoms with van der Waals surface area (Å²) in [6.07, 6.45) is 4.66. The number of ether oxygens (including phenoxy) is 1. The summed E-state index contributed by atoms with van der Waals surface area (Å²) < 4.78 is 22.2. The van der Waals surface area contributed by atoms with E-state index in [4.69, 9.17) is 22.1 Å². The van der Waals surface area contributed by atoms with Crippen LogP contribution in [0.5, 0.6) is 0 Å². The maximum atomic E-state index is 15.5. The largest absolute Gasteiger partial charge is 0.459 e. The summed E-state index contributed by atoms with van der Waals surface area (Å²) in [7, 11) is 0. The lowest BCUT2D eigenvalue weighted by Crippen LogP contribution is -2.53. The molecule has 0 aromatic heterocycles. The molecule has 3 rings (SSSR count). The van der Waals surface area contributed by atoms with Crippen LogP contribution in [0.15, 0.2) is 52.3 Å². The molecule has 0 spiro atoms. The second kappa shape index (κ2) is 9.44. The summed E-state index contributed by atoms with van der Waals surface area (Å²) in [6.45, 7) is 11.8. The zero-order chi connectivity index (χ0) is 24.8. The molecule has 182 valence electrons. The average Bonchev–Trinajstić information content (AvgIpc) is 2.95. The van der Waals surface area contributed by atoms with Crippen molar-refractivity contribution >= 4 is 33.5 Å². The Labute approximate surface area is 210 Å². The summed E-state index contributed by atoms with van der Waals surface area (Å²) in [5, 5.41) is 2.69. The molecule has 1 aromatic carbocycles. The summed E-state index contributed by atoms with van der Waals surface area (Å²) in [6, 6.07) is 6.59. The van der Waals surface area contributed by atoms with Gasteiger partial charge in [0.15, 0.2) is 0 Å². The summed E-state index contributed by atoms with van der Waals surface area (Å²) >= 11 is 9.79. The molecule has 1 heterocycles. The lowest BCUT2D eigenvalue weighted by atomic mass is 9.67. The highest BCUT2D eigenvalue weighted by molar-refractivity contribution is 9.10. The maximum absolute atomic E-state index is 15.5. The number of hydrogen-bond donors (Lipinski definition) is 2. The van der Waals surface area contributed by atoms with E-state index in [1.54, 1.807) is 6.08 Å². The van der Waals surface area contributed by atoms with Gasteiger partial charge >= 0.3 is 5.97 Å². The predicted octanol–water partition coefficient (Wildman–Crippen LogP) is 6.13. The fourth-order valence-corrected chi connectivity index (χ4v) is 5.33. The van der Waals surface area contributed by atoms with Crippen molar-refractivity contribution < 1.29 is 13.9 Å². The average molecular weight is 542 g/mol. The molecule has 1 aromatic rings. The minimum Gasteiger partial charge on any atom is -0.459 e. The van der Waals surface area contributed by atoms with Gasteiger partial charge in [-0.25, -0.2) is 4.39 Å². The minimum absolute atomic E-state index is 0.0879. The molecule has 0 saturated carbocycles. The molecule has 0 bridgehead atoms. The number of nitrogens with one attached hydrogen (secondary N) is 1. The third-order valence-electron chi connectivity index (χ3n) is 6.15. The molecule has 2 aliphatic rings. The van der Waals surface area contributed by atoms with Gasteiger partial charge in [0.05, 0.1) is 10.9 Å². The Hall–Kier alpha value is -1.21.